The van der Waals surface area contributed by atoms with Gasteiger partial charge in [0.2, 0.25) is 0 Å². The second kappa shape index (κ2) is 6.24. The summed E-state index contributed by atoms with van der Waals surface area (Å²) in [6.45, 7) is 2.04. The summed E-state index contributed by atoms with van der Waals surface area (Å²) in [6.07, 6.45) is 0.528. The SMILES string of the molecule is CCc1nc(Cl)cc(=O)n1Cc1ccc([N+](=O)[O-])cc1Cl. The van der Waals surface area contributed by atoms with Crippen LogP contribution in [0.4, 0.5) is 5.69 Å². The van der Waals surface area contributed by atoms with E-state index in [0.717, 1.165) is 0 Å². The fourth-order valence-corrected chi connectivity index (χ4v) is 2.34. The minimum absolute atomic E-state index is 0.0963. The second-order valence-corrected chi connectivity index (χ2v) is 5.10. The van der Waals surface area contributed by atoms with Crippen molar-refractivity contribution in [1.29, 1.82) is 0 Å². The Morgan fingerprint density at radius 3 is 2.62 bits per heavy atom. The Labute approximate surface area is 130 Å². The Morgan fingerprint density at radius 2 is 2.05 bits per heavy atom. The number of benzene rings is 1. The highest BCUT2D eigenvalue weighted by Gasteiger charge is 2.12. The van der Waals surface area contributed by atoms with Crippen LogP contribution in [0, 0.1) is 10.1 Å². The van der Waals surface area contributed by atoms with Crippen LogP contribution >= 0.6 is 23.2 Å². The summed E-state index contributed by atoms with van der Waals surface area (Å²) in [7, 11) is 0. The largest absolute Gasteiger partial charge is 0.292 e. The molecule has 0 fully saturated rings. The molecule has 0 saturated heterocycles. The lowest BCUT2D eigenvalue weighted by Crippen LogP contribution is -2.24. The van der Waals surface area contributed by atoms with E-state index in [4.69, 9.17) is 23.2 Å². The standard InChI is InChI=1S/C13H11Cl2N3O3/c1-2-12-16-11(15)6-13(19)17(12)7-8-3-4-9(18(20)21)5-10(8)14/h3-6H,2,7H2,1H3. The van der Waals surface area contributed by atoms with Gasteiger partial charge in [-0.25, -0.2) is 4.98 Å². The molecule has 0 unspecified atom stereocenters. The third kappa shape index (κ3) is 3.40. The molecule has 1 heterocycles. The maximum atomic E-state index is 12.0. The number of aromatic nitrogens is 2. The lowest BCUT2D eigenvalue weighted by Gasteiger charge is -2.11. The molecule has 0 amide bonds. The van der Waals surface area contributed by atoms with Crippen molar-refractivity contribution in [2.24, 2.45) is 0 Å². The fraction of sp³-hybridized carbons (Fsp3) is 0.231. The summed E-state index contributed by atoms with van der Waals surface area (Å²) >= 11 is 11.8. The smallest absolute Gasteiger partial charge is 0.270 e. The average Bonchev–Trinajstić information content (AvgIpc) is 2.42. The normalized spacial score (nSPS) is 10.6. The third-order valence-corrected chi connectivity index (χ3v) is 3.49. The van der Waals surface area contributed by atoms with E-state index in [1.54, 1.807) is 0 Å². The lowest BCUT2D eigenvalue weighted by molar-refractivity contribution is -0.384. The molecule has 2 aromatic rings. The number of nitro groups is 1. The molecule has 0 N–H and O–H groups in total. The number of rotatable bonds is 4. The van der Waals surface area contributed by atoms with Gasteiger partial charge in [-0.3, -0.25) is 19.5 Å². The molecule has 6 nitrogen and oxygen atoms in total. The monoisotopic (exact) mass is 327 g/mol. The first kappa shape index (κ1) is 15.5. The van der Waals surface area contributed by atoms with Gasteiger partial charge < -0.3 is 0 Å². The number of hydrogen-bond donors (Lipinski definition) is 0. The third-order valence-electron chi connectivity index (χ3n) is 2.95. The Kier molecular flexibility index (Phi) is 4.59. The summed E-state index contributed by atoms with van der Waals surface area (Å²) < 4.78 is 1.44. The molecule has 21 heavy (non-hydrogen) atoms. The number of hydrogen-bond acceptors (Lipinski definition) is 4. The molecule has 0 aliphatic heterocycles. The molecule has 0 saturated carbocycles. The van der Waals surface area contributed by atoms with Crippen molar-refractivity contribution in [3.63, 3.8) is 0 Å². The van der Waals surface area contributed by atoms with E-state index in [9.17, 15) is 14.9 Å². The van der Waals surface area contributed by atoms with Crippen molar-refractivity contribution in [1.82, 2.24) is 9.55 Å². The summed E-state index contributed by atoms with van der Waals surface area (Å²) in [5.74, 6) is 0.530. The zero-order chi connectivity index (χ0) is 15.6. The van der Waals surface area contributed by atoms with E-state index in [1.807, 2.05) is 6.92 Å². The highest BCUT2D eigenvalue weighted by atomic mass is 35.5. The zero-order valence-corrected chi connectivity index (χ0v) is 12.6. The molecule has 8 heteroatoms. The van der Waals surface area contributed by atoms with Crippen molar-refractivity contribution in [2.45, 2.75) is 19.9 Å². The van der Waals surface area contributed by atoms with Crippen molar-refractivity contribution >= 4 is 28.9 Å². The lowest BCUT2D eigenvalue weighted by atomic mass is 10.2. The van der Waals surface area contributed by atoms with Crippen LogP contribution in [0.3, 0.4) is 0 Å². The van der Waals surface area contributed by atoms with Gasteiger partial charge >= 0.3 is 0 Å². The van der Waals surface area contributed by atoms with E-state index >= 15 is 0 Å². The van der Waals surface area contributed by atoms with Gasteiger partial charge in [0.25, 0.3) is 11.2 Å². The Hall–Kier alpha value is -1.92. The molecule has 2 rings (SSSR count). The Balaban J connectivity index is 2.43. The van der Waals surface area contributed by atoms with Gasteiger partial charge in [0.05, 0.1) is 16.5 Å². The second-order valence-electron chi connectivity index (χ2n) is 4.31. The predicted molar refractivity (Wildman–Crippen MR) is 80.1 cm³/mol. The number of halogens is 2. The van der Waals surface area contributed by atoms with Crippen LogP contribution in [-0.4, -0.2) is 14.5 Å². The quantitative estimate of drug-likeness (QED) is 0.491. The topological polar surface area (TPSA) is 78.0 Å². The van der Waals surface area contributed by atoms with Crippen LogP contribution in [0.25, 0.3) is 0 Å². The molecular weight excluding hydrogens is 317 g/mol. The fourth-order valence-electron chi connectivity index (χ4n) is 1.91. The predicted octanol–water partition coefficient (Wildman–Crippen LogP) is 3.07. The number of nitro benzene ring substituents is 1. The average molecular weight is 328 g/mol. The molecule has 0 aliphatic carbocycles. The van der Waals surface area contributed by atoms with Crippen LogP contribution in [0.5, 0.6) is 0 Å². The summed E-state index contributed by atoms with van der Waals surface area (Å²) in [5.41, 5.74) is 0.213. The van der Waals surface area contributed by atoms with Gasteiger partial charge in [-0.05, 0) is 11.6 Å². The molecule has 0 aliphatic rings. The zero-order valence-electron chi connectivity index (χ0n) is 11.0. The van der Waals surface area contributed by atoms with Gasteiger partial charge in [0.1, 0.15) is 11.0 Å². The molecule has 0 spiro atoms. The molecule has 1 aromatic carbocycles. The van der Waals surface area contributed by atoms with Crippen LogP contribution < -0.4 is 5.56 Å². The molecule has 0 atom stereocenters. The van der Waals surface area contributed by atoms with E-state index in [2.05, 4.69) is 4.98 Å². The van der Waals surface area contributed by atoms with Gasteiger partial charge in [-0.15, -0.1) is 0 Å². The maximum absolute atomic E-state index is 12.0. The Morgan fingerprint density at radius 1 is 1.33 bits per heavy atom. The van der Waals surface area contributed by atoms with Crippen LogP contribution in [0.1, 0.15) is 18.3 Å². The van der Waals surface area contributed by atoms with Gasteiger partial charge in [-0.2, -0.15) is 0 Å². The van der Waals surface area contributed by atoms with Crippen molar-refractivity contribution in [2.75, 3.05) is 0 Å². The van der Waals surface area contributed by atoms with Crippen molar-refractivity contribution in [3.8, 4) is 0 Å². The first-order valence-corrected chi connectivity index (χ1v) is 6.87. The summed E-state index contributed by atoms with van der Waals surface area (Å²) in [5, 5.41) is 11.1. The first-order chi connectivity index (χ1) is 9.92. The van der Waals surface area contributed by atoms with Gasteiger partial charge in [0.15, 0.2) is 0 Å². The summed E-state index contributed by atoms with van der Waals surface area (Å²) in [4.78, 5) is 26.3. The van der Waals surface area contributed by atoms with Gasteiger partial charge in [-0.1, -0.05) is 30.1 Å². The van der Waals surface area contributed by atoms with Crippen molar-refractivity contribution in [3.05, 3.63) is 66.3 Å². The Bertz CT molecular complexity index is 759. The first-order valence-electron chi connectivity index (χ1n) is 6.11. The highest BCUT2D eigenvalue weighted by molar-refractivity contribution is 6.31. The van der Waals surface area contributed by atoms with Crippen molar-refractivity contribution < 1.29 is 4.92 Å². The van der Waals surface area contributed by atoms with Crippen LogP contribution in [-0.2, 0) is 13.0 Å². The van der Waals surface area contributed by atoms with Crippen LogP contribution in [0.15, 0.2) is 29.1 Å². The summed E-state index contributed by atoms with van der Waals surface area (Å²) in [6, 6.07) is 5.36. The molecule has 0 radical (unpaired) electrons. The number of aryl methyl sites for hydroxylation is 1. The molecule has 110 valence electrons. The molecule has 1 aromatic heterocycles. The highest BCUT2D eigenvalue weighted by Crippen LogP contribution is 2.23. The molecular formula is C13H11Cl2N3O3. The van der Waals surface area contributed by atoms with Crippen LogP contribution in [0.2, 0.25) is 10.2 Å². The maximum Gasteiger partial charge on any atom is 0.270 e. The number of non-ortho nitro benzene ring substituents is 1. The molecule has 0 bridgehead atoms. The minimum Gasteiger partial charge on any atom is -0.292 e. The van der Waals surface area contributed by atoms with E-state index < -0.39 is 4.92 Å². The number of nitrogens with zero attached hydrogens (tertiary/aromatic N) is 3. The van der Waals surface area contributed by atoms with E-state index in [-0.39, 0.29) is 28.0 Å². The van der Waals surface area contributed by atoms with Gasteiger partial charge in [0, 0.05) is 24.6 Å². The van der Waals surface area contributed by atoms with E-state index in [1.165, 1.54) is 28.8 Å². The minimum atomic E-state index is -0.525. The van der Waals surface area contributed by atoms with E-state index in [0.29, 0.717) is 17.8 Å².